The zero-order valence-corrected chi connectivity index (χ0v) is 12.5. The van der Waals surface area contributed by atoms with Crippen molar-refractivity contribution in [3.05, 3.63) is 84.2 Å². The first kappa shape index (κ1) is 15.6. The summed E-state index contributed by atoms with van der Waals surface area (Å²) in [5.74, 6) is -1.33. The van der Waals surface area contributed by atoms with E-state index >= 15 is 0 Å². The number of para-hydroxylation sites is 1. The van der Waals surface area contributed by atoms with Crippen molar-refractivity contribution < 1.29 is 13.6 Å². The maximum absolute atomic E-state index is 13.6. The molecule has 24 heavy (non-hydrogen) atoms. The van der Waals surface area contributed by atoms with E-state index in [2.05, 4.69) is 15.6 Å². The van der Waals surface area contributed by atoms with E-state index in [9.17, 15) is 13.6 Å². The molecule has 2 N–H and O–H groups in total. The van der Waals surface area contributed by atoms with Crippen molar-refractivity contribution in [3.63, 3.8) is 0 Å². The highest BCUT2D eigenvalue weighted by Crippen LogP contribution is 2.18. The SMILES string of the molecule is O=C(Nc1ccccc1F)c1cncc(Nc2ccc(F)cc2)c1. The van der Waals surface area contributed by atoms with E-state index in [0.29, 0.717) is 11.4 Å². The molecule has 1 heterocycles. The van der Waals surface area contributed by atoms with Crippen LogP contribution in [0.4, 0.5) is 25.8 Å². The molecule has 0 aliphatic rings. The van der Waals surface area contributed by atoms with E-state index in [1.165, 1.54) is 36.7 Å². The van der Waals surface area contributed by atoms with Gasteiger partial charge in [0.1, 0.15) is 11.6 Å². The molecule has 0 aliphatic heterocycles. The highest BCUT2D eigenvalue weighted by Gasteiger charge is 2.10. The van der Waals surface area contributed by atoms with Gasteiger partial charge in [0.05, 0.1) is 23.1 Å². The van der Waals surface area contributed by atoms with E-state index in [1.54, 1.807) is 30.3 Å². The molecule has 3 rings (SSSR count). The standard InChI is InChI=1S/C18H13F2N3O/c19-13-5-7-14(8-6-13)22-15-9-12(10-21-11-15)18(24)23-17-4-2-1-3-16(17)20/h1-11,22H,(H,23,24). The van der Waals surface area contributed by atoms with Crippen LogP contribution in [0.3, 0.4) is 0 Å². The zero-order valence-electron chi connectivity index (χ0n) is 12.5. The van der Waals surface area contributed by atoms with E-state index < -0.39 is 11.7 Å². The van der Waals surface area contributed by atoms with Crippen molar-refractivity contribution in [1.29, 1.82) is 0 Å². The van der Waals surface area contributed by atoms with Crippen LogP contribution in [0.25, 0.3) is 0 Å². The van der Waals surface area contributed by atoms with Crippen molar-refractivity contribution in [2.45, 2.75) is 0 Å². The van der Waals surface area contributed by atoms with Gasteiger partial charge in [-0.2, -0.15) is 0 Å². The third kappa shape index (κ3) is 3.73. The third-order valence-electron chi connectivity index (χ3n) is 3.26. The maximum Gasteiger partial charge on any atom is 0.257 e. The Labute approximate surface area is 137 Å². The van der Waals surface area contributed by atoms with Crippen LogP contribution in [0, 0.1) is 11.6 Å². The molecule has 0 atom stereocenters. The number of nitrogens with zero attached hydrogens (tertiary/aromatic N) is 1. The number of benzene rings is 2. The zero-order chi connectivity index (χ0) is 16.9. The lowest BCUT2D eigenvalue weighted by molar-refractivity contribution is 0.102. The van der Waals surface area contributed by atoms with Gasteiger partial charge in [0.15, 0.2) is 0 Å². The minimum atomic E-state index is -0.514. The van der Waals surface area contributed by atoms with Crippen LogP contribution in [-0.2, 0) is 0 Å². The fourth-order valence-corrected chi connectivity index (χ4v) is 2.09. The summed E-state index contributed by atoms with van der Waals surface area (Å²) in [5, 5.41) is 5.51. The maximum atomic E-state index is 13.6. The van der Waals surface area contributed by atoms with Crippen LogP contribution in [0.5, 0.6) is 0 Å². The highest BCUT2D eigenvalue weighted by atomic mass is 19.1. The van der Waals surface area contributed by atoms with Gasteiger partial charge in [0, 0.05) is 11.9 Å². The first-order chi connectivity index (χ1) is 11.6. The minimum absolute atomic E-state index is 0.0967. The summed E-state index contributed by atoms with van der Waals surface area (Å²) in [5.41, 5.74) is 1.58. The first-order valence-corrected chi connectivity index (χ1v) is 7.15. The molecule has 1 amide bonds. The van der Waals surface area contributed by atoms with Crippen molar-refractivity contribution >= 4 is 23.0 Å². The summed E-state index contributed by atoms with van der Waals surface area (Å²) in [7, 11) is 0. The Balaban J connectivity index is 1.76. The largest absolute Gasteiger partial charge is 0.354 e. The van der Waals surface area contributed by atoms with Crippen LogP contribution in [0.1, 0.15) is 10.4 Å². The number of carbonyl (C=O) groups is 1. The topological polar surface area (TPSA) is 54.0 Å². The molecular formula is C18H13F2N3O. The summed E-state index contributed by atoms with van der Waals surface area (Å²) in [6.45, 7) is 0. The summed E-state index contributed by atoms with van der Waals surface area (Å²) in [6, 6.07) is 13.3. The van der Waals surface area contributed by atoms with E-state index in [0.717, 1.165) is 0 Å². The second-order valence-corrected chi connectivity index (χ2v) is 5.03. The smallest absolute Gasteiger partial charge is 0.257 e. The number of halogens is 2. The number of hydrogen-bond donors (Lipinski definition) is 2. The van der Waals surface area contributed by atoms with Crippen LogP contribution in [0.15, 0.2) is 67.0 Å². The first-order valence-electron chi connectivity index (χ1n) is 7.15. The lowest BCUT2D eigenvalue weighted by Gasteiger charge is -2.09. The lowest BCUT2D eigenvalue weighted by atomic mass is 10.2. The molecule has 0 fully saturated rings. The summed E-state index contributed by atoms with van der Waals surface area (Å²) in [4.78, 5) is 16.2. The Morgan fingerprint density at radius 2 is 1.67 bits per heavy atom. The monoisotopic (exact) mass is 325 g/mol. The molecule has 0 bridgehead atoms. The molecule has 3 aromatic rings. The van der Waals surface area contributed by atoms with E-state index in [-0.39, 0.29) is 17.1 Å². The molecule has 1 aromatic heterocycles. The second-order valence-electron chi connectivity index (χ2n) is 5.03. The van der Waals surface area contributed by atoms with Crippen molar-refractivity contribution in [2.75, 3.05) is 10.6 Å². The highest BCUT2D eigenvalue weighted by molar-refractivity contribution is 6.04. The van der Waals surface area contributed by atoms with Crippen molar-refractivity contribution in [2.24, 2.45) is 0 Å². The number of pyridine rings is 1. The molecule has 4 nitrogen and oxygen atoms in total. The van der Waals surface area contributed by atoms with Crippen LogP contribution in [-0.4, -0.2) is 10.9 Å². The molecule has 0 saturated carbocycles. The Hall–Kier alpha value is -3.28. The fourth-order valence-electron chi connectivity index (χ4n) is 2.09. The molecule has 0 spiro atoms. The van der Waals surface area contributed by atoms with Gasteiger partial charge >= 0.3 is 0 Å². The quantitative estimate of drug-likeness (QED) is 0.749. The minimum Gasteiger partial charge on any atom is -0.354 e. The van der Waals surface area contributed by atoms with Crippen LogP contribution >= 0.6 is 0 Å². The van der Waals surface area contributed by atoms with Crippen molar-refractivity contribution in [1.82, 2.24) is 4.98 Å². The van der Waals surface area contributed by atoms with Gasteiger partial charge in [-0.05, 0) is 42.5 Å². The normalized spacial score (nSPS) is 10.2. The summed E-state index contributed by atoms with van der Waals surface area (Å²) < 4.78 is 26.5. The number of carbonyl (C=O) groups excluding carboxylic acids is 1. The Kier molecular flexibility index (Phi) is 4.47. The Morgan fingerprint density at radius 1 is 0.917 bits per heavy atom. The summed E-state index contributed by atoms with van der Waals surface area (Å²) in [6.07, 6.45) is 2.91. The number of hydrogen-bond acceptors (Lipinski definition) is 3. The van der Waals surface area contributed by atoms with E-state index in [4.69, 9.17) is 0 Å². The van der Waals surface area contributed by atoms with Gasteiger partial charge in [0.2, 0.25) is 0 Å². The van der Waals surface area contributed by atoms with Crippen LogP contribution < -0.4 is 10.6 Å². The molecule has 0 aliphatic carbocycles. The molecular weight excluding hydrogens is 312 g/mol. The van der Waals surface area contributed by atoms with Gasteiger partial charge in [-0.25, -0.2) is 8.78 Å². The Bertz CT molecular complexity index is 866. The number of anilines is 3. The number of amides is 1. The predicted molar refractivity (Wildman–Crippen MR) is 88.3 cm³/mol. The average Bonchev–Trinajstić information content (AvgIpc) is 2.59. The van der Waals surface area contributed by atoms with Gasteiger partial charge < -0.3 is 10.6 Å². The fraction of sp³-hybridized carbons (Fsp3) is 0. The number of rotatable bonds is 4. The average molecular weight is 325 g/mol. The number of aromatic nitrogens is 1. The van der Waals surface area contributed by atoms with Gasteiger partial charge in [0.25, 0.3) is 5.91 Å². The molecule has 0 saturated heterocycles. The van der Waals surface area contributed by atoms with Gasteiger partial charge in [-0.1, -0.05) is 12.1 Å². The van der Waals surface area contributed by atoms with E-state index in [1.807, 2.05) is 0 Å². The lowest BCUT2D eigenvalue weighted by Crippen LogP contribution is -2.13. The molecule has 0 unspecified atom stereocenters. The van der Waals surface area contributed by atoms with Crippen molar-refractivity contribution in [3.8, 4) is 0 Å². The van der Waals surface area contributed by atoms with Crippen LogP contribution in [0.2, 0.25) is 0 Å². The molecule has 2 aromatic carbocycles. The second kappa shape index (κ2) is 6.87. The van der Waals surface area contributed by atoms with Gasteiger partial charge in [-0.15, -0.1) is 0 Å². The number of nitrogens with one attached hydrogen (secondary N) is 2. The third-order valence-corrected chi connectivity index (χ3v) is 3.26. The molecule has 6 heteroatoms. The Morgan fingerprint density at radius 3 is 2.42 bits per heavy atom. The van der Waals surface area contributed by atoms with Gasteiger partial charge in [-0.3, -0.25) is 9.78 Å². The summed E-state index contributed by atoms with van der Waals surface area (Å²) >= 11 is 0. The molecule has 0 radical (unpaired) electrons. The molecule has 120 valence electrons. The predicted octanol–water partition coefficient (Wildman–Crippen LogP) is 4.36.